The van der Waals surface area contributed by atoms with Crippen LogP contribution in [0.25, 0.3) is 0 Å². The van der Waals surface area contributed by atoms with Crippen LogP contribution < -0.4 is 15.5 Å². The van der Waals surface area contributed by atoms with Crippen molar-refractivity contribution in [3.05, 3.63) is 59.7 Å². The predicted octanol–water partition coefficient (Wildman–Crippen LogP) is 4.81. The van der Waals surface area contributed by atoms with Crippen LogP contribution in [-0.2, 0) is 6.18 Å². The van der Waals surface area contributed by atoms with Gasteiger partial charge in [0.25, 0.3) is 0 Å². The van der Waals surface area contributed by atoms with Crippen LogP contribution in [0.1, 0.15) is 25.0 Å². The van der Waals surface area contributed by atoms with Gasteiger partial charge in [-0.05, 0) is 68.0 Å². The number of thiocarbonyl (C=S) groups is 1. The topological polar surface area (TPSA) is 45.6 Å². The van der Waals surface area contributed by atoms with Gasteiger partial charge in [0, 0.05) is 5.69 Å². The van der Waals surface area contributed by atoms with Gasteiger partial charge in [-0.1, -0.05) is 12.1 Å². The third-order valence-electron chi connectivity index (χ3n) is 3.36. The summed E-state index contributed by atoms with van der Waals surface area (Å²) in [5.41, 5.74) is 3.37. The summed E-state index contributed by atoms with van der Waals surface area (Å²) in [6, 6.07) is 12.1. The zero-order valence-electron chi connectivity index (χ0n) is 14.2. The van der Waals surface area contributed by atoms with Crippen molar-refractivity contribution in [1.29, 1.82) is 0 Å². The molecule has 0 saturated carbocycles. The molecular weight excluding hydrogens is 363 g/mol. The first-order chi connectivity index (χ1) is 12.3. The van der Waals surface area contributed by atoms with Crippen molar-refractivity contribution in [2.24, 2.45) is 5.10 Å². The largest absolute Gasteiger partial charge is 0.494 e. The average Bonchev–Trinajstić information content (AvgIpc) is 2.61. The summed E-state index contributed by atoms with van der Waals surface area (Å²) in [7, 11) is 0. The van der Waals surface area contributed by atoms with Gasteiger partial charge < -0.3 is 10.1 Å². The molecule has 0 radical (unpaired) electrons. The van der Waals surface area contributed by atoms with Crippen LogP contribution in [0.4, 0.5) is 18.9 Å². The first-order valence-electron chi connectivity index (χ1n) is 7.81. The highest BCUT2D eigenvalue weighted by molar-refractivity contribution is 7.80. The lowest BCUT2D eigenvalue weighted by atomic mass is 10.1. The molecule has 0 aliphatic rings. The van der Waals surface area contributed by atoms with E-state index in [0.29, 0.717) is 17.9 Å². The summed E-state index contributed by atoms with van der Waals surface area (Å²) in [5.74, 6) is 0.746. The van der Waals surface area contributed by atoms with Crippen LogP contribution in [-0.4, -0.2) is 17.4 Å². The number of alkyl halides is 3. The summed E-state index contributed by atoms with van der Waals surface area (Å²) in [6.07, 6.45) is -4.39. The number of benzene rings is 2. The molecular formula is C18H18F3N3OS. The molecule has 138 valence electrons. The van der Waals surface area contributed by atoms with Gasteiger partial charge in [0.05, 0.1) is 17.9 Å². The Morgan fingerprint density at radius 3 is 2.46 bits per heavy atom. The lowest BCUT2D eigenvalue weighted by Crippen LogP contribution is -2.25. The Labute approximate surface area is 155 Å². The number of hydrazone groups is 1. The van der Waals surface area contributed by atoms with E-state index in [0.717, 1.165) is 23.6 Å². The smallest absolute Gasteiger partial charge is 0.416 e. The highest BCUT2D eigenvalue weighted by Gasteiger charge is 2.30. The van der Waals surface area contributed by atoms with Gasteiger partial charge in [-0.25, -0.2) is 0 Å². The molecule has 0 spiro atoms. The van der Waals surface area contributed by atoms with E-state index in [1.807, 2.05) is 6.92 Å². The molecule has 0 fully saturated rings. The lowest BCUT2D eigenvalue weighted by Gasteiger charge is -2.10. The number of nitrogens with zero attached hydrogens (tertiary/aromatic N) is 1. The van der Waals surface area contributed by atoms with Crippen LogP contribution >= 0.6 is 12.2 Å². The van der Waals surface area contributed by atoms with Crippen LogP contribution in [0.3, 0.4) is 0 Å². The minimum atomic E-state index is -4.39. The molecule has 26 heavy (non-hydrogen) atoms. The second-order valence-electron chi connectivity index (χ2n) is 5.30. The zero-order valence-corrected chi connectivity index (χ0v) is 15.0. The van der Waals surface area contributed by atoms with E-state index >= 15 is 0 Å². The van der Waals surface area contributed by atoms with Crippen molar-refractivity contribution in [2.75, 3.05) is 11.9 Å². The fourth-order valence-electron chi connectivity index (χ4n) is 2.08. The quantitative estimate of drug-likeness (QED) is 0.443. The molecule has 2 aromatic carbocycles. The Morgan fingerprint density at radius 1 is 1.15 bits per heavy atom. The second kappa shape index (κ2) is 8.66. The van der Waals surface area contributed by atoms with E-state index in [2.05, 4.69) is 15.8 Å². The molecule has 0 aliphatic heterocycles. The maximum absolute atomic E-state index is 12.8. The van der Waals surface area contributed by atoms with Crippen LogP contribution in [0, 0.1) is 0 Å². The Bertz CT molecular complexity index is 789. The molecule has 0 atom stereocenters. The Hall–Kier alpha value is -2.61. The second-order valence-corrected chi connectivity index (χ2v) is 5.71. The molecule has 0 aromatic heterocycles. The van der Waals surface area contributed by atoms with E-state index in [-0.39, 0.29) is 5.11 Å². The van der Waals surface area contributed by atoms with Gasteiger partial charge in [0.15, 0.2) is 5.11 Å². The van der Waals surface area contributed by atoms with Crippen molar-refractivity contribution in [2.45, 2.75) is 20.0 Å². The summed E-state index contributed by atoms with van der Waals surface area (Å²) in [4.78, 5) is 0. The SMILES string of the molecule is CCOc1ccc(NC(=S)NN=C(C)c2cccc(C(F)(F)F)c2)cc1. The van der Waals surface area contributed by atoms with Gasteiger partial charge >= 0.3 is 6.18 Å². The standard InChI is InChI=1S/C18H18F3N3OS/c1-3-25-16-9-7-15(8-10-16)22-17(26)24-23-12(2)13-5-4-6-14(11-13)18(19,20)21/h4-11H,3H2,1-2H3,(H2,22,24,26). The Morgan fingerprint density at radius 2 is 1.85 bits per heavy atom. The van der Waals surface area contributed by atoms with Gasteiger partial charge in [-0.2, -0.15) is 18.3 Å². The van der Waals surface area contributed by atoms with Crippen molar-refractivity contribution >= 4 is 28.7 Å². The monoisotopic (exact) mass is 381 g/mol. The summed E-state index contributed by atoms with van der Waals surface area (Å²) >= 11 is 5.13. The highest BCUT2D eigenvalue weighted by Crippen LogP contribution is 2.29. The van der Waals surface area contributed by atoms with Crippen molar-refractivity contribution in [3.8, 4) is 5.75 Å². The minimum absolute atomic E-state index is 0.223. The zero-order chi connectivity index (χ0) is 19.2. The average molecular weight is 381 g/mol. The Kier molecular flexibility index (Phi) is 6.57. The number of anilines is 1. The molecule has 2 N–H and O–H groups in total. The first kappa shape index (κ1) is 19.7. The molecule has 0 unspecified atom stereocenters. The van der Waals surface area contributed by atoms with Crippen LogP contribution in [0.15, 0.2) is 53.6 Å². The number of nitrogens with one attached hydrogen (secondary N) is 2. The minimum Gasteiger partial charge on any atom is -0.494 e. The van der Waals surface area contributed by atoms with E-state index in [9.17, 15) is 13.2 Å². The number of hydrogen-bond acceptors (Lipinski definition) is 3. The van der Waals surface area contributed by atoms with Crippen LogP contribution in [0.5, 0.6) is 5.75 Å². The molecule has 0 saturated heterocycles. The lowest BCUT2D eigenvalue weighted by molar-refractivity contribution is -0.137. The van der Waals surface area contributed by atoms with Gasteiger partial charge in [-0.15, -0.1) is 0 Å². The van der Waals surface area contributed by atoms with E-state index in [1.54, 1.807) is 37.3 Å². The van der Waals surface area contributed by atoms with E-state index in [4.69, 9.17) is 17.0 Å². The molecule has 2 aromatic rings. The normalized spacial score (nSPS) is 11.8. The third kappa shape index (κ3) is 5.73. The number of rotatable bonds is 5. The third-order valence-corrected chi connectivity index (χ3v) is 3.55. The van der Waals surface area contributed by atoms with Crippen molar-refractivity contribution in [3.63, 3.8) is 0 Å². The molecule has 0 amide bonds. The molecule has 0 heterocycles. The van der Waals surface area contributed by atoms with Gasteiger partial charge in [0.2, 0.25) is 0 Å². The number of halogens is 3. The van der Waals surface area contributed by atoms with Crippen molar-refractivity contribution < 1.29 is 17.9 Å². The molecule has 0 aliphatic carbocycles. The molecule has 2 rings (SSSR count). The highest BCUT2D eigenvalue weighted by atomic mass is 32.1. The maximum Gasteiger partial charge on any atom is 0.416 e. The fraction of sp³-hybridized carbons (Fsp3) is 0.222. The number of ether oxygens (including phenoxy) is 1. The molecule has 8 heteroatoms. The first-order valence-corrected chi connectivity index (χ1v) is 8.22. The van der Waals surface area contributed by atoms with Gasteiger partial charge in [-0.3, -0.25) is 5.43 Å². The molecule has 0 bridgehead atoms. The number of hydrogen-bond donors (Lipinski definition) is 2. The van der Waals surface area contributed by atoms with Crippen LogP contribution in [0.2, 0.25) is 0 Å². The van der Waals surface area contributed by atoms with E-state index < -0.39 is 11.7 Å². The predicted molar refractivity (Wildman–Crippen MR) is 101 cm³/mol. The summed E-state index contributed by atoms with van der Waals surface area (Å²) in [5, 5.41) is 7.19. The fourth-order valence-corrected chi connectivity index (χ4v) is 2.24. The summed E-state index contributed by atoms with van der Waals surface area (Å²) in [6.45, 7) is 4.08. The Balaban J connectivity index is 1.98. The van der Waals surface area contributed by atoms with Crippen molar-refractivity contribution in [1.82, 2.24) is 5.43 Å². The summed E-state index contributed by atoms with van der Waals surface area (Å²) < 4.78 is 43.7. The van der Waals surface area contributed by atoms with Gasteiger partial charge in [0.1, 0.15) is 5.75 Å². The van der Waals surface area contributed by atoms with E-state index in [1.165, 1.54) is 6.07 Å². The maximum atomic E-state index is 12.8. The molecule has 4 nitrogen and oxygen atoms in total.